The first-order valence-corrected chi connectivity index (χ1v) is 6.88. The number of pyridine rings is 1. The Labute approximate surface area is 123 Å². The third-order valence-corrected chi connectivity index (χ3v) is 3.29. The van der Waals surface area contributed by atoms with Gasteiger partial charge < -0.3 is 20.1 Å². The SMILES string of the molecule is COCCNCc1c(Cc2ccccc2)c[nH]c(=O)c1O. The minimum Gasteiger partial charge on any atom is -0.503 e. The summed E-state index contributed by atoms with van der Waals surface area (Å²) in [6.07, 6.45) is 2.33. The summed E-state index contributed by atoms with van der Waals surface area (Å²) in [5.41, 5.74) is 2.21. The molecule has 0 fully saturated rings. The van der Waals surface area contributed by atoms with Crippen LogP contribution in [0.15, 0.2) is 41.3 Å². The molecule has 5 nitrogen and oxygen atoms in total. The van der Waals surface area contributed by atoms with Crippen molar-refractivity contribution in [2.75, 3.05) is 20.3 Å². The molecule has 1 aromatic carbocycles. The molecular weight excluding hydrogens is 268 g/mol. The first kappa shape index (κ1) is 15.3. The summed E-state index contributed by atoms with van der Waals surface area (Å²) in [5.74, 6) is -0.214. The molecule has 0 saturated carbocycles. The number of ether oxygens (including phenoxy) is 1. The summed E-state index contributed by atoms with van der Waals surface area (Å²) in [6.45, 7) is 1.67. The summed E-state index contributed by atoms with van der Waals surface area (Å²) in [4.78, 5) is 14.1. The Morgan fingerprint density at radius 3 is 2.76 bits per heavy atom. The number of hydrogen-bond donors (Lipinski definition) is 3. The molecule has 2 aromatic rings. The largest absolute Gasteiger partial charge is 0.503 e. The maximum atomic E-state index is 11.6. The van der Waals surface area contributed by atoms with E-state index < -0.39 is 5.56 Å². The topological polar surface area (TPSA) is 74.3 Å². The van der Waals surface area contributed by atoms with Gasteiger partial charge in [-0.05, 0) is 17.5 Å². The van der Waals surface area contributed by atoms with Gasteiger partial charge in [-0.2, -0.15) is 0 Å². The first-order valence-electron chi connectivity index (χ1n) is 6.88. The molecule has 0 aliphatic heterocycles. The van der Waals surface area contributed by atoms with Crippen molar-refractivity contribution in [3.63, 3.8) is 0 Å². The van der Waals surface area contributed by atoms with Gasteiger partial charge in [0.2, 0.25) is 0 Å². The zero-order chi connectivity index (χ0) is 15.1. The van der Waals surface area contributed by atoms with Crippen molar-refractivity contribution < 1.29 is 9.84 Å². The van der Waals surface area contributed by atoms with Gasteiger partial charge >= 0.3 is 0 Å². The number of methoxy groups -OCH3 is 1. The van der Waals surface area contributed by atoms with Crippen LogP contribution in [0.2, 0.25) is 0 Å². The fraction of sp³-hybridized carbons (Fsp3) is 0.312. The summed E-state index contributed by atoms with van der Waals surface area (Å²) >= 11 is 0. The van der Waals surface area contributed by atoms with E-state index in [1.807, 2.05) is 30.3 Å². The van der Waals surface area contributed by atoms with Crippen LogP contribution in [0, 0.1) is 0 Å². The van der Waals surface area contributed by atoms with Gasteiger partial charge in [0.05, 0.1) is 6.61 Å². The molecule has 0 aliphatic rings. The van der Waals surface area contributed by atoms with Crippen LogP contribution in [0.25, 0.3) is 0 Å². The zero-order valence-corrected chi connectivity index (χ0v) is 12.1. The van der Waals surface area contributed by atoms with Gasteiger partial charge in [-0.25, -0.2) is 0 Å². The first-order chi connectivity index (χ1) is 10.2. The predicted molar refractivity (Wildman–Crippen MR) is 81.6 cm³/mol. The van der Waals surface area contributed by atoms with Gasteiger partial charge in [-0.3, -0.25) is 4.79 Å². The number of hydrogen-bond acceptors (Lipinski definition) is 4. The van der Waals surface area contributed by atoms with E-state index in [0.29, 0.717) is 31.7 Å². The molecule has 0 spiro atoms. The van der Waals surface area contributed by atoms with Crippen molar-refractivity contribution in [2.24, 2.45) is 0 Å². The highest BCUT2D eigenvalue weighted by Crippen LogP contribution is 2.19. The van der Waals surface area contributed by atoms with Gasteiger partial charge in [0, 0.05) is 32.0 Å². The van der Waals surface area contributed by atoms with Crippen LogP contribution in [0.5, 0.6) is 5.75 Å². The maximum absolute atomic E-state index is 11.6. The Bertz CT molecular complexity index is 623. The predicted octanol–water partition coefficient (Wildman–Crippen LogP) is 1.41. The molecule has 3 N–H and O–H groups in total. The Morgan fingerprint density at radius 1 is 1.29 bits per heavy atom. The van der Waals surface area contributed by atoms with Crippen molar-refractivity contribution >= 4 is 0 Å². The second kappa shape index (κ2) is 7.61. The highest BCUT2D eigenvalue weighted by Gasteiger charge is 2.11. The molecule has 0 radical (unpaired) electrons. The molecule has 0 atom stereocenters. The van der Waals surface area contributed by atoms with Crippen molar-refractivity contribution in [3.05, 3.63) is 63.6 Å². The van der Waals surface area contributed by atoms with Gasteiger partial charge in [0.25, 0.3) is 5.56 Å². The van der Waals surface area contributed by atoms with E-state index in [9.17, 15) is 9.90 Å². The quantitative estimate of drug-likeness (QED) is 0.673. The molecular formula is C16H20N2O3. The van der Waals surface area contributed by atoms with E-state index in [2.05, 4.69) is 10.3 Å². The number of H-pyrrole nitrogens is 1. The van der Waals surface area contributed by atoms with Crippen LogP contribution in [-0.2, 0) is 17.7 Å². The Morgan fingerprint density at radius 2 is 2.05 bits per heavy atom. The molecule has 21 heavy (non-hydrogen) atoms. The molecule has 5 heteroatoms. The Hall–Kier alpha value is -2.11. The number of aromatic amines is 1. The van der Waals surface area contributed by atoms with E-state index in [-0.39, 0.29) is 5.75 Å². The van der Waals surface area contributed by atoms with Gasteiger partial charge in [-0.1, -0.05) is 30.3 Å². The lowest BCUT2D eigenvalue weighted by Gasteiger charge is -2.12. The minimum atomic E-state index is -0.463. The second-order valence-corrected chi connectivity index (χ2v) is 4.80. The van der Waals surface area contributed by atoms with Crippen LogP contribution in [0.3, 0.4) is 0 Å². The van der Waals surface area contributed by atoms with Gasteiger partial charge in [0.1, 0.15) is 0 Å². The number of benzene rings is 1. The van der Waals surface area contributed by atoms with E-state index >= 15 is 0 Å². The van der Waals surface area contributed by atoms with E-state index in [0.717, 1.165) is 11.1 Å². The standard InChI is InChI=1S/C16H20N2O3/c1-21-8-7-17-11-14-13(10-18-16(20)15(14)19)9-12-5-3-2-4-6-12/h2-6,10,17,19H,7-9,11H2,1H3,(H,18,20). The van der Waals surface area contributed by atoms with Gasteiger partial charge in [0.15, 0.2) is 5.75 Å². The molecule has 1 heterocycles. The van der Waals surface area contributed by atoms with Crippen LogP contribution in [0.1, 0.15) is 16.7 Å². The highest BCUT2D eigenvalue weighted by molar-refractivity contribution is 5.39. The van der Waals surface area contributed by atoms with E-state index in [1.54, 1.807) is 13.3 Å². The normalized spacial score (nSPS) is 10.7. The molecule has 1 aromatic heterocycles. The number of aromatic nitrogens is 1. The molecule has 2 rings (SSSR count). The maximum Gasteiger partial charge on any atom is 0.290 e. The molecule has 0 aliphatic carbocycles. The van der Waals surface area contributed by atoms with Crippen molar-refractivity contribution in [1.82, 2.24) is 10.3 Å². The van der Waals surface area contributed by atoms with Crippen molar-refractivity contribution in [3.8, 4) is 5.75 Å². The molecule has 0 unspecified atom stereocenters. The van der Waals surface area contributed by atoms with Crippen LogP contribution < -0.4 is 10.9 Å². The van der Waals surface area contributed by atoms with Crippen LogP contribution in [-0.4, -0.2) is 30.4 Å². The van der Waals surface area contributed by atoms with Crippen LogP contribution >= 0.6 is 0 Å². The fourth-order valence-corrected chi connectivity index (χ4v) is 2.16. The number of rotatable bonds is 7. The summed E-state index contributed by atoms with van der Waals surface area (Å²) < 4.78 is 4.97. The Balaban J connectivity index is 2.19. The molecule has 112 valence electrons. The number of aromatic hydroxyl groups is 1. The van der Waals surface area contributed by atoms with E-state index in [1.165, 1.54) is 0 Å². The van der Waals surface area contributed by atoms with Crippen molar-refractivity contribution in [2.45, 2.75) is 13.0 Å². The molecule has 0 bridgehead atoms. The average molecular weight is 288 g/mol. The molecule has 0 saturated heterocycles. The average Bonchev–Trinajstić information content (AvgIpc) is 2.51. The third-order valence-electron chi connectivity index (χ3n) is 3.29. The minimum absolute atomic E-state index is 0.214. The monoisotopic (exact) mass is 288 g/mol. The molecule has 0 amide bonds. The fourth-order valence-electron chi connectivity index (χ4n) is 2.16. The Kier molecular flexibility index (Phi) is 5.54. The van der Waals surface area contributed by atoms with Gasteiger partial charge in [-0.15, -0.1) is 0 Å². The lowest BCUT2D eigenvalue weighted by Crippen LogP contribution is -2.21. The van der Waals surface area contributed by atoms with Crippen molar-refractivity contribution in [1.29, 1.82) is 0 Å². The zero-order valence-electron chi connectivity index (χ0n) is 12.1. The summed E-state index contributed by atoms with van der Waals surface area (Å²) in [5, 5.41) is 13.2. The smallest absolute Gasteiger partial charge is 0.290 e. The second-order valence-electron chi connectivity index (χ2n) is 4.80. The lowest BCUT2D eigenvalue weighted by atomic mass is 10.0. The van der Waals surface area contributed by atoms with E-state index in [4.69, 9.17) is 4.74 Å². The third kappa shape index (κ3) is 4.18. The highest BCUT2D eigenvalue weighted by atomic mass is 16.5. The van der Waals surface area contributed by atoms with Crippen LogP contribution in [0.4, 0.5) is 0 Å². The number of nitrogens with one attached hydrogen (secondary N) is 2. The summed E-state index contributed by atoms with van der Waals surface area (Å²) in [7, 11) is 1.63. The lowest BCUT2D eigenvalue weighted by molar-refractivity contribution is 0.199. The summed E-state index contributed by atoms with van der Waals surface area (Å²) in [6, 6.07) is 9.93.